The summed E-state index contributed by atoms with van der Waals surface area (Å²) in [4.78, 5) is 24.5. The summed E-state index contributed by atoms with van der Waals surface area (Å²) in [6.07, 6.45) is 7.60. The first-order chi connectivity index (χ1) is 8.51. The third-order valence-corrected chi connectivity index (χ3v) is 3.29. The number of likely N-dealkylation sites (tertiary alicyclic amines) is 1. The Morgan fingerprint density at radius 2 is 2.28 bits per heavy atom. The van der Waals surface area contributed by atoms with Crippen molar-refractivity contribution in [3.05, 3.63) is 0 Å². The summed E-state index contributed by atoms with van der Waals surface area (Å²) in [6, 6.07) is -1.44. The molecule has 0 aliphatic carbocycles. The highest BCUT2D eigenvalue weighted by molar-refractivity contribution is 5.83. The Morgan fingerprint density at radius 1 is 1.61 bits per heavy atom. The Hall–Kier alpha value is -1.70. The predicted molar refractivity (Wildman–Crippen MR) is 68.0 cm³/mol. The molecule has 1 aliphatic heterocycles. The number of carbonyl (C=O) groups is 2. The largest absolute Gasteiger partial charge is 0.480 e. The number of hydrogen-bond donors (Lipinski definition) is 2. The van der Waals surface area contributed by atoms with Gasteiger partial charge in [-0.3, -0.25) is 0 Å². The maximum atomic E-state index is 12.0. The van der Waals surface area contributed by atoms with E-state index in [1.165, 1.54) is 4.90 Å². The van der Waals surface area contributed by atoms with Crippen LogP contribution in [0.5, 0.6) is 0 Å². The fourth-order valence-corrected chi connectivity index (χ4v) is 2.27. The van der Waals surface area contributed by atoms with Crippen molar-refractivity contribution in [2.75, 3.05) is 6.54 Å². The number of urea groups is 1. The van der Waals surface area contributed by atoms with E-state index in [0.29, 0.717) is 19.4 Å². The highest BCUT2D eigenvalue weighted by Crippen LogP contribution is 2.24. The zero-order chi connectivity index (χ0) is 13.7. The molecular formula is C13H20N2O3. The van der Waals surface area contributed by atoms with Gasteiger partial charge >= 0.3 is 12.0 Å². The first-order valence-corrected chi connectivity index (χ1v) is 6.27. The molecule has 0 bridgehead atoms. The highest BCUT2D eigenvalue weighted by atomic mass is 16.4. The molecule has 1 fully saturated rings. The van der Waals surface area contributed by atoms with Crippen molar-refractivity contribution in [1.29, 1.82) is 0 Å². The Morgan fingerprint density at radius 3 is 2.78 bits per heavy atom. The second-order valence-electron chi connectivity index (χ2n) is 4.70. The van der Waals surface area contributed by atoms with Crippen molar-refractivity contribution in [2.24, 2.45) is 5.92 Å². The number of terminal acetylenes is 1. The minimum Gasteiger partial charge on any atom is -0.480 e. The zero-order valence-corrected chi connectivity index (χ0v) is 10.8. The van der Waals surface area contributed by atoms with Gasteiger partial charge in [0, 0.05) is 6.54 Å². The molecule has 3 unspecified atom stereocenters. The van der Waals surface area contributed by atoms with Crippen molar-refractivity contribution in [1.82, 2.24) is 10.2 Å². The van der Waals surface area contributed by atoms with Gasteiger partial charge in [-0.2, -0.15) is 0 Å². The molecule has 0 saturated carbocycles. The molecule has 18 heavy (non-hydrogen) atoms. The molecule has 2 amide bonds. The lowest BCUT2D eigenvalue weighted by molar-refractivity contribution is -0.142. The number of carbonyl (C=O) groups excluding carboxylic acids is 1. The summed E-state index contributed by atoms with van der Waals surface area (Å²) in [7, 11) is 0. The van der Waals surface area contributed by atoms with E-state index >= 15 is 0 Å². The van der Waals surface area contributed by atoms with Crippen LogP contribution in [0.3, 0.4) is 0 Å². The number of rotatable bonds is 4. The second kappa shape index (κ2) is 6.29. The molecule has 1 heterocycles. The zero-order valence-electron chi connectivity index (χ0n) is 10.8. The first kappa shape index (κ1) is 14.4. The average molecular weight is 252 g/mol. The van der Waals surface area contributed by atoms with E-state index in [1.807, 2.05) is 13.8 Å². The normalized spacial score (nSPS) is 24.4. The Kier molecular flexibility index (Phi) is 5.02. The van der Waals surface area contributed by atoms with E-state index in [1.54, 1.807) is 0 Å². The van der Waals surface area contributed by atoms with Gasteiger partial charge in [0.25, 0.3) is 0 Å². The average Bonchev–Trinajstić information content (AvgIpc) is 2.70. The van der Waals surface area contributed by atoms with Crippen LogP contribution in [0.4, 0.5) is 4.79 Å². The van der Waals surface area contributed by atoms with Crippen molar-refractivity contribution in [3.8, 4) is 12.3 Å². The van der Waals surface area contributed by atoms with Gasteiger partial charge < -0.3 is 15.3 Å². The summed E-state index contributed by atoms with van der Waals surface area (Å²) >= 11 is 0. The van der Waals surface area contributed by atoms with E-state index < -0.39 is 12.0 Å². The molecule has 5 heteroatoms. The topological polar surface area (TPSA) is 69.6 Å². The first-order valence-electron chi connectivity index (χ1n) is 6.27. The van der Waals surface area contributed by atoms with Gasteiger partial charge in [0.1, 0.15) is 6.04 Å². The molecule has 2 N–H and O–H groups in total. The van der Waals surface area contributed by atoms with E-state index in [-0.39, 0.29) is 18.0 Å². The van der Waals surface area contributed by atoms with Gasteiger partial charge in [0.15, 0.2) is 0 Å². The lowest BCUT2D eigenvalue weighted by atomic mass is 10.0. The Balaban J connectivity index is 2.66. The monoisotopic (exact) mass is 252 g/mol. The summed E-state index contributed by atoms with van der Waals surface area (Å²) in [5.74, 6) is 1.53. The standard InChI is InChI=1S/C13H20N2O3/c1-4-6-10(5-2)14-13(18)15-8-7-9(3)11(15)12(16)17/h2,9-11H,4,6-8H2,1,3H3,(H,14,18)(H,16,17). The van der Waals surface area contributed by atoms with Crippen LogP contribution in [0.25, 0.3) is 0 Å². The van der Waals surface area contributed by atoms with Crippen LogP contribution in [-0.2, 0) is 4.79 Å². The van der Waals surface area contributed by atoms with Crippen molar-refractivity contribution >= 4 is 12.0 Å². The number of nitrogens with one attached hydrogen (secondary N) is 1. The summed E-state index contributed by atoms with van der Waals surface area (Å²) in [5.41, 5.74) is 0. The maximum Gasteiger partial charge on any atom is 0.326 e. The third-order valence-electron chi connectivity index (χ3n) is 3.29. The van der Waals surface area contributed by atoms with Crippen molar-refractivity contribution in [2.45, 2.75) is 45.2 Å². The van der Waals surface area contributed by atoms with Crippen LogP contribution in [0.15, 0.2) is 0 Å². The molecule has 5 nitrogen and oxygen atoms in total. The van der Waals surface area contributed by atoms with Crippen LogP contribution in [-0.4, -0.2) is 40.6 Å². The number of hydrogen-bond acceptors (Lipinski definition) is 2. The van der Waals surface area contributed by atoms with Gasteiger partial charge in [0.2, 0.25) is 0 Å². The SMILES string of the molecule is C#CC(CCC)NC(=O)N1CCC(C)C1C(=O)O. The van der Waals surface area contributed by atoms with Crippen LogP contribution >= 0.6 is 0 Å². The maximum absolute atomic E-state index is 12.0. The number of nitrogens with zero attached hydrogens (tertiary/aromatic N) is 1. The van der Waals surface area contributed by atoms with Crippen LogP contribution < -0.4 is 5.32 Å². The van der Waals surface area contributed by atoms with Crippen molar-refractivity contribution in [3.63, 3.8) is 0 Å². The van der Waals surface area contributed by atoms with E-state index in [4.69, 9.17) is 11.5 Å². The molecule has 100 valence electrons. The van der Waals surface area contributed by atoms with Crippen LogP contribution in [0.2, 0.25) is 0 Å². The molecule has 1 saturated heterocycles. The predicted octanol–water partition coefficient (Wildman–Crippen LogP) is 1.29. The molecule has 3 atom stereocenters. The Labute approximate surface area is 108 Å². The molecule has 0 spiro atoms. The van der Waals surface area contributed by atoms with Gasteiger partial charge in [0.05, 0.1) is 6.04 Å². The lowest BCUT2D eigenvalue weighted by Gasteiger charge is -2.25. The minimum absolute atomic E-state index is 0.0243. The fourth-order valence-electron chi connectivity index (χ4n) is 2.27. The summed E-state index contributed by atoms with van der Waals surface area (Å²) < 4.78 is 0. The smallest absolute Gasteiger partial charge is 0.326 e. The van der Waals surface area contributed by atoms with Crippen LogP contribution in [0.1, 0.15) is 33.1 Å². The molecule has 0 radical (unpaired) electrons. The molecular weight excluding hydrogens is 232 g/mol. The summed E-state index contributed by atoms with van der Waals surface area (Å²) in [5, 5.41) is 11.8. The molecule has 1 aliphatic rings. The van der Waals surface area contributed by atoms with Gasteiger partial charge in [-0.05, 0) is 18.8 Å². The molecule has 1 rings (SSSR count). The molecule has 0 aromatic heterocycles. The molecule has 0 aromatic carbocycles. The van der Waals surface area contributed by atoms with Gasteiger partial charge in [-0.1, -0.05) is 26.2 Å². The highest BCUT2D eigenvalue weighted by Gasteiger charge is 2.39. The lowest BCUT2D eigenvalue weighted by Crippen LogP contribution is -2.50. The summed E-state index contributed by atoms with van der Waals surface area (Å²) in [6.45, 7) is 4.29. The van der Waals surface area contributed by atoms with Gasteiger partial charge in [-0.25, -0.2) is 9.59 Å². The van der Waals surface area contributed by atoms with Crippen molar-refractivity contribution < 1.29 is 14.7 Å². The quantitative estimate of drug-likeness (QED) is 0.741. The second-order valence-corrected chi connectivity index (χ2v) is 4.70. The number of carboxylic acids is 1. The van der Waals surface area contributed by atoms with Crippen LogP contribution in [0, 0.1) is 18.3 Å². The van der Waals surface area contributed by atoms with Gasteiger partial charge in [-0.15, -0.1) is 6.42 Å². The molecule has 0 aromatic rings. The van der Waals surface area contributed by atoms with E-state index in [0.717, 1.165) is 6.42 Å². The number of carboxylic acid groups (broad SMARTS) is 1. The Bertz CT molecular complexity index is 362. The van der Waals surface area contributed by atoms with E-state index in [9.17, 15) is 9.59 Å². The number of aliphatic carboxylic acids is 1. The number of amides is 2. The third kappa shape index (κ3) is 3.16. The van der Waals surface area contributed by atoms with E-state index in [2.05, 4.69) is 11.2 Å². The fraction of sp³-hybridized carbons (Fsp3) is 0.692. The minimum atomic E-state index is -0.956.